The molecular formula is C25H26FN7O2. The van der Waals surface area contributed by atoms with E-state index in [1.54, 1.807) is 43.1 Å². The van der Waals surface area contributed by atoms with E-state index in [0.717, 1.165) is 30.0 Å². The van der Waals surface area contributed by atoms with Crippen LogP contribution >= 0.6 is 0 Å². The summed E-state index contributed by atoms with van der Waals surface area (Å²) in [7, 11) is 1.62. The zero-order chi connectivity index (χ0) is 24.5. The van der Waals surface area contributed by atoms with Gasteiger partial charge in [0.1, 0.15) is 5.75 Å². The van der Waals surface area contributed by atoms with E-state index in [-0.39, 0.29) is 11.6 Å². The monoisotopic (exact) mass is 475 g/mol. The van der Waals surface area contributed by atoms with Gasteiger partial charge in [-0.2, -0.15) is 0 Å². The summed E-state index contributed by atoms with van der Waals surface area (Å²) in [6.07, 6.45) is 5.09. The van der Waals surface area contributed by atoms with Crippen molar-refractivity contribution in [2.45, 2.75) is 13.8 Å². The molecule has 1 aliphatic heterocycles. The first-order chi connectivity index (χ1) is 16.9. The Morgan fingerprint density at radius 1 is 1.11 bits per heavy atom. The smallest absolute Gasteiger partial charge is 0.227 e. The fourth-order valence-electron chi connectivity index (χ4n) is 4.29. The fourth-order valence-corrected chi connectivity index (χ4v) is 4.29. The van der Waals surface area contributed by atoms with Gasteiger partial charge in [-0.25, -0.2) is 19.3 Å². The van der Waals surface area contributed by atoms with Gasteiger partial charge < -0.3 is 19.9 Å². The highest BCUT2D eigenvalue weighted by molar-refractivity contribution is 5.74. The molecule has 1 amide bonds. The summed E-state index contributed by atoms with van der Waals surface area (Å²) in [5.41, 5.74) is 4.16. The van der Waals surface area contributed by atoms with Crippen molar-refractivity contribution >= 4 is 28.9 Å². The number of ether oxygens (including phenoxy) is 1. The lowest BCUT2D eigenvalue weighted by molar-refractivity contribution is -0.129. The topological polar surface area (TPSA) is 87.9 Å². The number of pyridine rings is 1. The van der Waals surface area contributed by atoms with Gasteiger partial charge in [0.25, 0.3) is 0 Å². The van der Waals surface area contributed by atoms with Crippen molar-refractivity contribution in [1.82, 2.24) is 24.3 Å². The average Bonchev–Trinajstić information content (AvgIpc) is 3.31. The Balaban J connectivity index is 1.40. The first-order valence-electron chi connectivity index (χ1n) is 11.4. The van der Waals surface area contributed by atoms with Gasteiger partial charge in [-0.05, 0) is 36.8 Å². The number of carbonyl (C=O) groups excluding carboxylic acids is 1. The molecule has 180 valence electrons. The Hall–Kier alpha value is -4.21. The number of hydrogen-bond acceptors (Lipinski definition) is 7. The maximum absolute atomic E-state index is 14.1. The quantitative estimate of drug-likeness (QED) is 0.471. The van der Waals surface area contributed by atoms with Crippen molar-refractivity contribution in [3.63, 3.8) is 0 Å². The molecule has 0 radical (unpaired) electrons. The van der Waals surface area contributed by atoms with Gasteiger partial charge in [-0.1, -0.05) is 0 Å². The Labute approximate surface area is 202 Å². The average molecular weight is 476 g/mol. The van der Waals surface area contributed by atoms with Crippen LogP contribution in [-0.2, 0) is 4.79 Å². The summed E-state index contributed by atoms with van der Waals surface area (Å²) in [6.45, 7) is 6.43. The Bertz CT molecular complexity index is 1400. The molecule has 0 atom stereocenters. The maximum atomic E-state index is 14.1. The third-order valence-corrected chi connectivity index (χ3v) is 6.22. The molecule has 3 aromatic heterocycles. The predicted octanol–water partition coefficient (Wildman–Crippen LogP) is 3.66. The number of aromatic nitrogens is 4. The van der Waals surface area contributed by atoms with Crippen molar-refractivity contribution < 1.29 is 13.9 Å². The number of benzene rings is 1. The fraction of sp³-hybridized carbons (Fsp3) is 0.280. The first kappa shape index (κ1) is 22.6. The van der Waals surface area contributed by atoms with E-state index in [2.05, 4.69) is 20.2 Å². The number of imidazole rings is 1. The summed E-state index contributed by atoms with van der Waals surface area (Å²) in [5, 5.41) is 3.24. The van der Waals surface area contributed by atoms with Crippen molar-refractivity contribution in [2.24, 2.45) is 0 Å². The number of aryl methyl sites for hydroxylation is 1. The zero-order valence-corrected chi connectivity index (χ0v) is 19.8. The molecule has 0 spiro atoms. The third-order valence-electron chi connectivity index (χ3n) is 6.22. The lowest BCUT2D eigenvalue weighted by Crippen LogP contribution is -2.48. The van der Waals surface area contributed by atoms with Crippen LogP contribution in [0.1, 0.15) is 12.5 Å². The van der Waals surface area contributed by atoms with E-state index in [1.165, 1.54) is 6.07 Å². The first-order valence-corrected chi connectivity index (χ1v) is 11.4. The molecule has 4 heterocycles. The van der Waals surface area contributed by atoms with Gasteiger partial charge in [0.2, 0.25) is 11.9 Å². The number of hydrogen-bond donors (Lipinski definition) is 1. The van der Waals surface area contributed by atoms with Crippen molar-refractivity contribution in [3.8, 4) is 17.1 Å². The number of piperazine rings is 1. The number of anilines is 3. The largest absolute Gasteiger partial charge is 0.494 e. The summed E-state index contributed by atoms with van der Waals surface area (Å²) in [5.74, 6) is 0.752. The summed E-state index contributed by atoms with van der Waals surface area (Å²) in [6, 6.07) is 8.92. The van der Waals surface area contributed by atoms with Gasteiger partial charge in [-0.15, -0.1) is 0 Å². The second kappa shape index (κ2) is 9.21. The molecule has 4 aromatic rings. The maximum Gasteiger partial charge on any atom is 0.227 e. The van der Waals surface area contributed by atoms with Gasteiger partial charge in [0, 0.05) is 57.3 Å². The molecule has 0 unspecified atom stereocenters. The highest BCUT2D eigenvalue weighted by atomic mass is 19.1. The van der Waals surface area contributed by atoms with Crippen LogP contribution in [0.25, 0.3) is 17.0 Å². The van der Waals surface area contributed by atoms with Crippen LogP contribution in [0.4, 0.5) is 21.7 Å². The third kappa shape index (κ3) is 4.34. The van der Waals surface area contributed by atoms with Crippen LogP contribution in [0.5, 0.6) is 5.75 Å². The molecule has 0 aliphatic carbocycles. The van der Waals surface area contributed by atoms with Gasteiger partial charge in [-0.3, -0.25) is 9.20 Å². The van der Waals surface area contributed by atoms with E-state index in [9.17, 15) is 9.18 Å². The summed E-state index contributed by atoms with van der Waals surface area (Å²) >= 11 is 0. The SMILES string of the molecule is COc1cc(N2CCN(C(C)=O)CC2)ccc1Nc1ncc(C)c(-c2cnc3c(F)cccn23)n1. The van der Waals surface area contributed by atoms with Crippen LogP contribution in [0.2, 0.25) is 0 Å². The molecule has 0 bridgehead atoms. The van der Waals surface area contributed by atoms with Gasteiger partial charge in [0.05, 0.1) is 30.4 Å². The molecule has 1 N–H and O–H groups in total. The number of halogens is 1. The van der Waals surface area contributed by atoms with Crippen LogP contribution in [0, 0.1) is 12.7 Å². The molecule has 35 heavy (non-hydrogen) atoms. The molecular weight excluding hydrogens is 449 g/mol. The summed E-state index contributed by atoms with van der Waals surface area (Å²) < 4.78 is 21.4. The van der Waals surface area contributed by atoms with Gasteiger partial charge >= 0.3 is 0 Å². The molecule has 1 saturated heterocycles. The number of amides is 1. The predicted molar refractivity (Wildman–Crippen MR) is 132 cm³/mol. The Morgan fingerprint density at radius 2 is 1.91 bits per heavy atom. The minimum absolute atomic E-state index is 0.105. The standard InChI is InChI=1S/C25H26FN7O2/c1-16-14-28-25(30-23(16)21-15-27-24-19(26)5-4-8-33(21)24)29-20-7-6-18(13-22(20)35-3)32-11-9-31(10-12-32)17(2)34/h4-8,13-15H,9-12H2,1-3H3,(H,28,29,30). The number of fused-ring (bicyclic) bond motifs is 1. The molecule has 0 saturated carbocycles. The number of nitrogens with zero attached hydrogens (tertiary/aromatic N) is 6. The van der Waals surface area contributed by atoms with E-state index >= 15 is 0 Å². The Kier molecular flexibility index (Phi) is 5.94. The van der Waals surface area contributed by atoms with Crippen molar-refractivity contribution in [3.05, 3.63) is 60.3 Å². The van der Waals surface area contributed by atoms with E-state index in [0.29, 0.717) is 36.2 Å². The van der Waals surface area contributed by atoms with E-state index in [1.807, 2.05) is 30.0 Å². The van der Waals surface area contributed by atoms with Crippen molar-refractivity contribution in [2.75, 3.05) is 43.5 Å². The minimum Gasteiger partial charge on any atom is -0.494 e. The minimum atomic E-state index is -0.392. The lowest BCUT2D eigenvalue weighted by Gasteiger charge is -2.35. The van der Waals surface area contributed by atoms with Gasteiger partial charge in [0.15, 0.2) is 11.5 Å². The summed E-state index contributed by atoms with van der Waals surface area (Å²) in [4.78, 5) is 29.0. The van der Waals surface area contributed by atoms with Crippen LogP contribution < -0.4 is 15.0 Å². The highest BCUT2D eigenvalue weighted by Gasteiger charge is 2.20. The normalized spacial score (nSPS) is 13.8. The van der Waals surface area contributed by atoms with Crippen LogP contribution in [0.3, 0.4) is 0 Å². The van der Waals surface area contributed by atoms with E-state index < -0.39 is 5.82 Å². The molecule has 1 aliphatic rings. The van der Waals surface area contributed by atoms with E-state index in [4.69, 9.17) is 9.72 Å². The lowest BCUT2D eigenvalue weighted by atomic mass is 10.2. The number of carbonyl (C=O) groups is 1. The van der Waals surface area contributed by atoms with Crippen LogP contribution in [-0.4, -0.2) is 63.4 Å². The van der Waals surface area contributed by atoms with Crippen LogP contribution in [0.15, 0.2) is 48.9 Å². The highest BCUT2D eigenvalue weighted by Crippen LogP contribution is 2.32. The molecule has 1 fully saturated rings. The second-order valence-electron chi connectivity index (χ2n) is 8.42. The molecule has 5 rings (SSSR count). The molecule has 9 nitrogen and oxygen atoms in total. The molecule has 1 aromatic carbocycles. The van der Waals surface area contributed by atoms with Crippen molar-refractivity contribution in [1.29, 1.82) is 0 Å². The Morgan fingerprint density at radius 3 is 2.66 bits per heavy atom. The number of rotatable bonds is 5. The molecule has 10 heteroatoms. The second-order valence-corrected chi connectivity index (χ2v) is 8.42. The number of nitrogens with one attached hydrogen (secondary N) is 1. The zero-order valence-electron chi connectivity index (χ0n) is 19.8. The number of methoxy groups -OCH3 is 1.